The lowest BCUT2D eigenvalue weighted by molar-refractivity contribution is -0.121. The lowest BCUT2D eigenvalue weighted by Gasteiger charge is -2.15. The van der Waals surface area contributed by atoms with Crippen LogP contribution in [0.25, 0.3) is 0 Å². The number of hydrogen-bond donors (Lipinski definition) is 2. The molecule has 3 nitrogen and oxygen atoms in total. The number of carbonyl (C=O) groups is 1. The van der Waals surface area contributed by atoms with E-state index in [0.717, 1.165) is 18.4 Å². The summed E-state index contributed by atoms with van der Waals surface area (Å²) in [7, 11) is 0. The van der Waals surface area contributed by atoms with Crippen molar-refractivity contribution in [3.8, 4) is 0 Å². The molecule has 0 bridgehead atoms. The van der Waals surface area contributed by atoms with E-state index in [2.05, 4.69) is 5.32 Å². The molecule has 4 heteroatoms. The summed E-state index contributed by atoms with van der Waals surface area (Å²) in [4.78, 5) is 11.7. The van der Waals surface area contributed by atoms with Gasteiger partial charge in [0, 0.05) is 6.04 Å². The van der Waals surface area contributed by atoms with Gasteiger partial charge in [-0.15, -0.1) is 0 Å². The third kappa shape index (κ3) is 4.95. The largest absolute Gasteiger partial charge is 0.353 e. The number of rotatable bonds is 6. The van der Waals surface area contributed by atoms with E-state index in [9.17, 15) is 9.18 Å². The number of nitrogens with two attached hydrogens (primary N) is 1. The molecule has 0 saturated heterocycles. The molecule has 0 radical (unpaired) electrons. The summed E-state index contributed by atoms with van der Waals surface area (Å²) in [6.45, 7) is 2.58. The predicted molar refractivity (Wildman–Crippen MR) is 66.0 cm³/mol. The van der Waals surface area contributed by atoms with Gasteiger partial charge in [-0.05, 0) is 37.1 Å². The van der Waals surface area contributed by atoms with Gasteiger partial charge in [0.2, 0.25) is 5.91 Å². The van der Waals surface area contributed by atoms with Crippen LogP contribution in [0.15, 0.2) is 24.3 Å². The van der Waals surface area contributed by atoms with E-state index in [4.69, 9.17) is 5.73 Å². The summed E-state index contributed by atoms with van der Waals surface area (Å²) >= 11 is 0. The average molecular weight is 238 g/mol. The Kier molecular flexibility index (Phi) is 5.63. The molecule has 0 aromatic heterocycles. The topological polar surface area (TPSA) is 55.1 Å². The minimum atomic E-state index is -0.288. The van der Waals surface area contributed by atoms with Crippen LogP contribution in [0, 0.1) is 5.82 Å². The van der Waals surface area contributed by atoms with Crippen LogP contribution in [0.5, 0.6) is 0 Å². The molecule has 3 N–H and O–H groups in total. The van der Waals surface area contributed by atoms with E-state index in [-0.39, 0.29) is 24.2 Å². The Morgan fingerprint density at radius 2 is 2.06 bits per heavy atom. The van der Waals surface area contributed by atoms with Crippen LogP contribution in [-0.2, 0) is 11.2 Å². The fraction of sp³-hybridized carbons (Fsp3) is 0.462. The zero-order chi connectivity index (χ0) is 12.7. The standard InChI is InChI=1S/C13H19FN2O/c1-2-12(7-8-15)16-13(17)9-10-3-5-11(14)6-4-10/h3-6,12H,2,7-9,15H2,1H3,(H,16,17). The van der Waals surface area contributed by atoms with Crippen LogP contribution in [0.4, 0.5) is 4.39 Å². The van der Waals surface area contributed by atoms with E-state index >= 15 is 0 Å². The summed E-state index contributed by atoms with van der Waals surface area (Å²) < 4.78 is 12.7. The minimum absolute atomic E-state index is 0.0445. The Hall–Kier alpha value is -1.42. The zero-order valence-electron chi connectivity index (χ0n) is 10.1. The highest BCUT2D eigenvalue weighted by molar-refractivity contribution is 5.78. The second-order valence-corrected chi connectivity index (χ2v) is 4.05. The molecule has 0 aliphatic heterocycles. The van der Waals surface area contributed by atoms with E-state index in [1.54, 1.807) is 12.1 Å². The normalized spacial score (nSPS) is 12.2. The molecule has 1 aromatic rings. The van der Waals surface area contributed by atoms with Gasteiger partial charge in [-0.2, -0.15) is 0 Å². The first-order valence-corrected chi connectivity index (χ1v) is 5.89. The monoisotopic (exact) mass is 238 g/mol. The second kappa shape index (κ2) is 7.01. The molecule has 1 atom stereocenters. The molecule has 1 amide bonds. The van der Waals surface area contributed by atoms with Crippen LogP contribution >= 0.6 is 0 Å². The Labute approximate surface area is 101 Å². The first-order chi connectivity index (χ1) is 8.15. The number of halogens is 1. The summed E-state index contributed by atoms with van der Waals surface area (Å²) in [6, 6.07) is 6.10. The van der Waals surface area contributed by atoms with Crippen LogP contribution in [0.1, 0.15) is 25.3 Å². The van der Waals surface area contributed by atoms with Gasteiger partial charge < -0.3 is 11.1 Å². The average Bonchev–Trinajstić information content (AvgIpc) is 2.31. The lowest BCUT2D eigenvalue weighted by Crippen LogP contribution is -2.36. The number of amides is 1. The Bertz CT molecular complexity index is 351. The highest BCUT2D eigenvalue weighted by Gasteiger charge is 2.09. The molecule has 0 aliphatic rings. The molecule has 0 heterocycles. The Morgan fingerprint density at radius 1 is 1.41 bits per heavy atom. The molecule has 0 aliphatic carbocycles. The molecule has 0 spiro atoms. The van der Waals surface area contributed by atoms with Crippen molar-refractivity contribution in [2.45, 2.75) is 32.2 Å². The molecule has 1 unspecified atom stereocenters. The van der Waals surface area contributed by atoms with E-state index in [1.807, 2.05) is 6.92 Å². The fourth-order valence-electron chi connectivity index (χ4n) is 1.65. The quantitative estimate of drug-likeness (QED) is 0.791. The fourth-order valence-corrected chi connectivity index (χ4v) is 1.65. The maximum absolute atomic E-state index is 12.7. The third-order valence-corrected chi connectivity index (χ3v) is 2.65. The van der Waals surface area contributed by atoms with Crippen LogP contribution in [-0.4, -0.2) is 18.5 Å². The van der Waals surface area contributed by atoms with Crippen molar-refractivity contribution in [3.63, 3.8) is 0 Å². The van der Waals surface area contributed by atoms with Gasteiger partial charge in [-0.3, -0.25) is 4.79 Å². The van der Waals surface area contributed by atoms with E-state index in [1.165, 1.54) is 12.1 Å². The van der Waals surface area contributed by atoms with Gasteiger partial charge in [0.05, 0.1) is 6.42 Å². The van der Waals surface area contributed by atoms with Crippen molar-refractivity contribution in [2.75, 3.05) is 6.54 Å². The first-order valence-electron chi connectivity index (χ1n) is 5.89. The smallest absolute Gasteiger partial charge is 0.224 e. The van der Waals surface area contributed by atoms with Crippen molar-refractivity contribution in [1.29, 1.82) is 0 Å². The number of hydrogen-bond acceptors (Lipinski definition) is 2. The highest BCUT2D eigenvalue weighted by Crippen LogP contribution is 2.04. The molecule has 17 heavy (non-hydrogen) atoms. The SMILES string of the molecule is CCC(CCN)NC(=O)Cc1ccc(F)cc1. The van der Waals surface area contributed by atoms with Crippen molar-refractivity contribution in [3.05, 3.63) is 35.6 Å². The maximum atomic E-state index is 12.7. The highest BCUT2D eigenvalue weighted by atomic mass is 19.1. The summed E-state index contributed by atoms with van der Waals surface area (Å²) in [5.74, 6) is -0.333. The Balaban J connectivity index is 2.46. The molecular weight excluding hydrogens is 219 g/mol. The van der Waals surface area contributed by atoms with E-state index in [0.29, 0.717) is 6.54 Å². The first kappa shape index (κ1) is 13.6. The third-order valence-electron chi connectivity index (χ3n) is 2.65. The number of nitrogens with one attached hydrogen (secondary N) is 1. The summed E-state index contributed by atoms with van der Waals surface area (Å²) in [6.07, 6.45) is 1.93. The molecular formula is C13H19FN2O. The van der Waals surface area contributed by atoms with Gasteiger partial charge in [-0.25, -0.2) is 4.39 Å². The van der Waals surface area contributed by atoms with Crippen molar-refractivity contribution in [1.82, 2.24) is 5.32 Å². The lowest BCUT2D eigenvalue weighted by atomic mass is 10.1. The van der Waals surface area contributed by atoms with Crippen LogP contribution in [0.2, 0.25) is 0 Å². The zero-order valence-corrected chi connectivity index (χ0v) is 10.1. The predicted octanol–water partition coefficient (Wildman–Crippen LogP) is 1.61. The van der Waals surface area contributed by atoms with Gasteiger partial charge in [0.15, 0.2) is 0 Å². The molecule has 0 fully saturated rings. The number of carbonyl (C=O) groups excluding carboxylic acids is 1. The Morgan fingerprint density at radius 3 is 2.59 bits per heavy atom. The summed E-state index contributed by atoms with van der Waals surface area (Å²) in [5, 5.41) is 2.92. The van der Waals surface area contributed by atoms with Gasteiger partial charge in [-0.1, -0.05) is 19.1 Å². The molecule has 94 valence electrons. The van der Waals surface area contributed by atoms with Crippen molar-refractivity contribution >= 4 is 5.91 Å². The number of benzene rings is 1. The van der Waals surface area contributed by atoms with Crippen molar-refractivity contribution in [2.24, 2.45) is 5.73 Å². The maximum Gasteiger partial charge on any atom is 0.224 e. The molecule has 1 rings (SSSR count). The van der Waals surface area contributed by atoms with Gasteiger partial charge in [0.1, 0.15) is 5.82 Å². The second-order valence-electron chi connectivity index (χ2n) is 4.05. The van der Waals surface area contributed by atoms with Gasteiger partial charge >= 0.3 is 0 Å². The minimum Gasteiger partial charge on any atom is -0.353 e. The van der Waals surface area contributed by atoms with Crippen LogP contribution < -0.4 is 11.1 Å². The summed E-state index contributed by atoms with van der Waals surface area (Å²) in [5.41, 5.74) is 6.27. The molecule has 1 aromatic carbocycles. The molecule has 0 saturated carbocycles. The van der Waals surface area contributed by atoms with Gasteiger partial charge in [0.25, 0.3) is 0 Å². The van der Waals surface area contributed by atoms with Crippen molar-refractivity contribution < 1.29 is 9.18 Å². The van der Waals surface area contributed by atoms with E-state index < -0.39 is 0 Å². The van der Waals surface area contributed by atoms with Crippen LogP contribution in [0.3, 0.4) is 0 Å².